The van der Waals surface area contributed by atoms with E-state index < -0.39 is 0 Å². The lowest BCUT2D eigenvalue weighted by Gasteiger charge is -2.07. The molecule has 3 heterocycles. The molecule has 0 amide bonds. The number of pyridine rings is 2. The molecule has 0 saturated heterocycles. The van der Waals surface area contributed by atoms with Gasteiger partial charge in [0, 0.05) is 23.6 Å². The van der Waals surface area contributed by atoms with Crippen LogP contribution in [0.3, 0.4) is 0 Å². The number of hydrogen-bond acceptors (Lipinski definition) is 3. The molecule has 4 aromatic rings. The first-order valence-corrected chi connectivity index (χ1v) is 8.63. The molecule has 0 atom stereocenters. The summed E-state index contributed by atoms with van der Waals surface area (Å²) < 4.78 is 1.84. The van der Waals surface area contributed by atoms with Crippen molar-refractivity contribution in [1.29, 1.82) is 0 Å². The molecule has 124 valence electrons. The standard InChI is InChI=1S/C21H19N3O/c1-2-3-11-21(25)17-14-23-24-19(9-6-10-20(17)24)16-12-15-7-4-5-8-18(15)22-13-16/h4-10,12-14H,2-3,11H2,1H3. The number of Topliss-reactive ketones (excluding diaryl/α,β-unsaturated/α-hetero) is 1. The minimum Gasteiger partial charge on any atom is -0.294 e. The molecular formula is C21H19N3O. The van der Waals surface area contributed by atoms with Crippen LogP contribution in [0.25, 0.3) is 27.7 Å². The Morgan fingerprint density at radius 2 is 1.96 bits per heavy atom. The van der Waals surface area contributed by atoms with Crippen molar-refractivity contribution in [2.24, 2.45) is 0 Å². The van der Waals surface area contributed by atoms with Crippen LogP contribution >= 0.6 is 0 Å². The van der Waals surface area contributed by atoms with Crippen molar-refractivity contribution >= 4 is 22.2 Å². The van der Waals surface area contributed by atoms with E-state index in [0.717, 1.165) is 40.5 Å². The van der Waals surface area contributed by atoms with Gasteiger partial charge in [-0.05, 0) is 30.7 Å². The number of hydrogen-bond donors (Lipinski definition) is 0. The van der Waals surface area contributed by atoms with E-state index in [1.807, 2.05) is 47.1 Å². The van der Waals surface area contributed by atoms with Crippen LogP contribution in [0.2, 0.25) is 0 Å². The number of fused-ring (bicyclic) bond motifs is 2. The first kappa shape index (κ1) is 15.5. The Labute approximate surface area is 146 Å². The molecule has 3 aromatic heterocycles. The van der Waals surface area contributed by atoms with E-state index in [1.165, 1.54) is 0 Å². The van der Waals surface area contributed by atoms with Crippen LogP contribution in [0.15, 0.2) is 60.9 Å². The van der Waals surface area contributed by atoms with Crippen LogP contribution in [-0.4, -0.2) is 20.4 Å². The maximum absolute atomic E-state index is 12.4. The minimum atomic E-state index is 0.158. The molecule has 0 N–H and O–H groups in total. The van der Waals surface area contributed by atoms with Crippen LogP contribution in [0.5, 0.6) is 0 Å². The summed E-state index contributed by atoms with van der Waals surface area (Å²) in [6.07, 6.45) is 6.03. The summed E-state index contributed by atoms with van der Waals surface area (Å²) in [5.41, 5.74) is 4.44. The Balaban J connectivity index is 1.82. The molecule has 4 heteroatoms. The Bertz CT molecular complexity index is 1070. The SMILES string of the molecule is CCCCC(=O)c1cnn2c(-c3cnc4ccccc4c3)cccc12. The molecular weight excluding hydrogens is 310 g/mol. The molecule has 0 saturated carbocycles. The second-order valence-corrected chi connectivity index (χ2v) is 6.21. The first-order chi connectivity index (χ1) is 12.3. The maximum atomic E-state index is 12.4. The molecule has 4 rings (SSSR count). The van der Waals surface area contributed by atoms with Crippen molar-refractivity contribution in [3.05, 3.63) is 66.5 Å². The highest BCUT2D eigenvalue weighted by atomic mass is 16.1. The van der Waals surface area contributed by atoms with Crippen LogP contribution in [0, 0.1) is 0 Å². The Kier molecular flexibility index (Phi) is 4.02. The van der Waals surface area contributed by atoms with E-state index in [0.29, 0.717) is 12.0 Å². The molecule has 0 fully saturated rings. The van der Waals surface area contributed by atoms with Gasteiger partial charge in [-0.15, -0.1) is 0 Å². The highest BCUT2D eigenvalue weighted by Gasteiger charge is 2.14. The van der Waals surface area contributed by atoms with Gasteiger partial charge < -0.3 is 0 Å². The summed E-state index contributed by atoms with van der Waals surface area (Å²) >= 11 is 0. The molecule has 25 heavy (non-hydrogen) atoms. The molecule has 0 aliphatic carbocycles. The number of benzene rings is 1. The van der Waals surface area contributed by atoms with Gasteiger partial charge >= 0.3 is 0 Å². The number of para-hydroxylation sites is 1. The lowest BCUT2D eigenvalue weighted by Crippen LogP contribution is -1.99. The third-order valence-corrected chi connectivity index (χ3v) is 4.49. The summed E-state index contributed by atoms with van der Waals surface area (Å²) in [6.45, 7) is 2.09. The van der Waals surface area contributed by atoms with Crippen LogP contribution < -0.4 is 0 Å². The second kappa shape index (κ2) is 6.48. The van der Waals surface area contributed by atoms with Gasteiger partial charge in [0.15, 0.2) is 5.78 Å². The highest BCUT2D eigenvalue weighted by Crippen LogP contribution is 2.25. The third-order valence-electron chi connectivity index (χ3n) is 4.49. The normalized spacial score (nSPS) is 11.2. The van der Waals surface area contributed by atoms with Crippen molar-refractivity contribution in [3.63, 3.8) is 0 Å². The predicted octanol–water partition coefficient (Wildman–Crippen LogP) is 4.92. The minimum absolute atomic E-state index is 0.158. The quantitative estimate of drug-likeness (QED) is 0.488. The predicted molar refractivity (Wildman–Crippen MR) is 99.8 cm³/mol. The van der Waals surface area contributed by atoms with E-state index in [4.69, 9.17) is 0 Å². The fraction of sp³-hybridized carbons (Fsp3) is 0.190. The van der Waals surface area contributed by atoms with E-state index in [2.05, 4.69) is 29.1 Å². The van der Waals surface area contributed by atoms with Crippen LogP contribution in [-0.2, 0) is 0 Å². The Morgan fingerprint density at radius 3 is 2.84 bits per heavy atom. The lowest BCUT2D eigenvalue weighted by atomic mass is 10.1. The Hall–Kier alpha value is -3.01. The van der Waals surface area contributed by atoms with Gasteiger partial charge in [-0.25, -0.2) is 4.52 Å². The molecule has 0 radical (unpaired) electrons. The summed E-state index contributed by atoms with van der Waals surface area (Å²) in [5, 5.41) is 5.56. The number of carbonyl (C=O) groups excluding carboxylic acids is 1. The van der Waals surface area contributed by atoms with Gasteiger partial charge in [-0.2, -0.15) is 5.10 Å². The molecule has 4 nitrogen and oxygen atoms in total. The Morgan fingerprint density at radius 1 is 1.08 bits per heavy atom. The van der Waals surface area contributed by atoms with E-state index in [9.17, 15) is 4.79 Å². The smallest absolute Gasteiger partial charge is 0.166 e. The average Bonchev–Trinajstić information content (AvgIpc) is 3.10. The summed E-state index contributed by atoms with van der Waals surface area (Å²) in [7, 11) is 0. The van der Waals surface area contributed by atoms with Crippen molar-refractivity contribution in [1.82, 2.24) is 14.6 Å². The lowest BCUT2D eigenvalue weighted by molar-refractivity contribution is 0.0981. The van der Waals surface area contributed by atoms with Crippen molar-refractivity contribution < 1.29 is 4.79 Å². The van der Waals surface area contributed by atoms with E-state index in [-0.39, 0.29) is 5.78 Å². The number of carbonyl (C=O) groups is 1. The topological polar surface area (TPSA) is 47.3 Å². The van der Waals surface area contributed by atoms with Gasteiger partial charge in [0.1, 0.15) is 0 Å². The molecule has 0 aliphatic heterocycles. The van der Waals surface area contributed by atoms with E-state index >= 15 is 0 Å². The summed E-state index contributed by atoms with van der Waals surface area (Å²) in [4.78, 5) is 17.0. The number of unbranched alkanes of at least 4 members (excludes halogenated alkanes) is 1. The number of nitrogens with zero attached hydrogens (tertiary/aromatic N) is 3. The monoisotopic (exact) mass is 329 g/mol. The van der Waals surface area contributed by atoms with Crippen LogP contribution in [0.1, 0.15) is 36.5 Å². The van der Waals surface area contributed by atoms with Gasteiger partial charge in [-0.3, -0.25) is 9.78 Å². The fourth-order valence-corrected chi connectivity index (χ4v) is 3.13. The maximum Gasteiger partial charge on any atom is 0.166 e. The number of aromatic nitrogens is 3. The first-order valence-electron chi connectivity index (χ1n) is 8.63. The average molecular weight is 329 g/mol. The zero-order valence-corrected chi connectivity index (χ0v) is 14.1. The van der Waals surface area contributed by atoms with Crippen LogP contribution in [0.4, 0.5) is 0 Å². The van der Waals surface area contributed by atoms with Crippen molar-refractivity contribution in [2.75, 3.05) is 0 Å². The summed E-state index contributed by atoms with van der Waals surface area (Å²) in [5.74, 6) is 0.158. The van der Waals surface area contributed by atoms with Crippen molar-refractivity contribution in [2.45, 2.75) is 26.2 Å². The van der Waals surface area contributed by atoms with Gasteiger partial charge in [-0.1, -0.05) is 37.6 Å². The molecule has 0 unspecified atom stereocenters. The third kappa shape index (κ3) is 2.80. The summed E-state index contributed by atoms with van der Waals surface area (Å²) in [6, 6.07) is 16.1. The second-order valence-electron chi connectivity index (χ2n) is 6.21. The van der Waals surface area contributed by atoms with Gasteiger partial charge in [0.2, 0.25) is 0 Å². The number of rotatable bonds is 5. The van der Waals surface area contributed by atoms with Crippen molar-refractivity contribution in [3.8, 4) is 11.3 Å². The highest BCUT2D eigenvalue weighted by molar-refractivity contribution is 6.02. The number of ketones is 1. The molecule has 0 aliphatic rings. The molecule has 0 spiro atoms. The zero-order chi connectivity index (χ0) is 17.2. The largest absolute Gasteiger partial charge is 0.294 e. The fourth-order valence-electron chi connectivity index (χ4n) is 3.13. The van der Waals surface area contributed by atoms with Gasteiger partial charge in [0.05, 0.1) is 28.5 Å². The molecule has 0 bridgehead atoms. The van der Waals surface area contributed by atoms with E-state index in [1.54, 1.807) is 6.20 Å². The van der Waals surface area contributed by atoms with Gasteiger partial charge in [0.25, 0.3) is 0 Å². The molecule has 1 aromatic carbocycles. The zero-order valence-electron chi connectivity index (χ0n) is 14.1.